The van der Waals surface area contributed by atoms with E-state index in [2.05, 4.69) is 25.8 Å². The van der Waals surface area contributed by atoms with E-state index < -0.39 is 12.1 Å². The van der Waals surface area contributed by atoms with E-state index in [1.807, 2.05) is 16.9 Å². The van der Waals surface area contributed by atoms with Gasteiger partial charge in [-0.25, -0.2) is 9.50 Å². The van der Waals surface area contributed by atoms with Crippen molar-refractivity contribution >= 4 is 23.9 Å². The van der Waals surface area contributed by atoms with Crippen molar-refractivity contribution in [2.45, 2.75) is 38.0 Å². The summed E-state index contributed by atoms with van der Waals surface area (Å²) in [5.74, 6) is -0.718. The number of aliphatic hydroxyl groups excluding tert-OH is 1. The number of pyridine rings is 1. The van der Waals surface area contributed by atoms with Crippen LogP contribution >= 0.6 is 0 Å². The first kappa shape index (κ1) is 22.9. The molecule has 3 heterocycles. The Morgan fingerprint density at radius 3 is 2.81 bits per heavy atom. The van der Waals surface area contributed by atoms with Gasteiger partial charge in [0, 0.05) is 43.2 Å². The van der Waals surface area contributed by atoms with E-state index in [-0.39, 0.29) is 24.2 Å². The van der Waals surface area contributed by atoms with Gasteiger partial charge in [0.15, 0.2) is 5.65 Å². The van der Waals surface area contributed by atoms with E-state index in [9.17, 15) is 14.7 Å². The average molecular weight is 443 g/mol. The maximum Gasteiger partial charge on any atom is 0.290 e. The van der Waals surface area contributed by atoms with Gasteiger partial charge in [-0.1, -0.05) is 0 Å². The van der Waals surface area contributed by atoms with E-state index in [4.69, 9.17) is 9.90 Å². The first-order chi connectivity index (χ1) is 15.5. The van der Waals surface area contributed by atoms with E-state index in [0.29, 0.717) is 30.6 Å². The molecule has 2 amide bonds. The second-order valence-electron chi connectivity index (χ2n) is 7.31. The third-order valence-corrected chi connectivity index (χ3v) is 5.18. The van der Waals surface area contributed by atoms with Crippen LogP contribution in [0, 0.1) is 5.92 Å². The van der Waals surface area contributed by atoms with E-state index >= 15 is 0 Å². The fraction of sp³-hybridized carbons (Fsp3) is 0.400. The average Bonchev–Trinajstić information content (AvgIpc) is 3.53. The summed E-state index contributed by atoms with van der Waals surface area (Å²) in [6, 6.07) is 4.67. The molecule has 4 N–H and O–H groups in total. The highest BCUT2D eigenvalue weighted by molar-refractivity contribution is 5.95. The van der Waals surface area contributed by atoms with Crippen molar-refractivity contribution in [3.63, 3.8) is 0 Å². The second-order valence-corrected chi connectivity index (χ2v) is 7.31. The molecule has 1 fully saturated rings. The molecule has 3 aromatic rings. The van der Waals surface area contributed by atoms with Gasteiger partial charge < -0.3 is 20.8 Å². The monoisotopic (exact) mass is 443 g/mol. The van der Waals surface area contributed by atoms with Gasteiger partial charge in [0.1, 0.15) is 6.33 Å². The Morgan fingerprint density at radius 1 is 1.25 bits per heavy atom. The number of aryl methyl sites for hydroxylation is 1. The zero-order chi connectivity index (χ0) is 22.9. The van der Waals surface area contributed by atoms with Crippen LogP contribution in [0.15, 0.2) is 43.1 Å². The lowest BCUT2D eigenvalue weighted by Crippen LogP contribution is -2.40. The van der Waals surface area contributed by atoms with Crippen molar-refractivity contribution in [3.05, 3.63) is 48.7 Å². The predicted octanol–water partition coefficient (Wildman–Crippen LogP) is -0.298. The number of nitrogens with one attached hydrogen (secondary N) is 2. The van der Waals surface area contributed by atoms with Crippen molar-refractivity contribution in [2.75, 3.05) is 6.54 Å². The maximum atomic E-state index is 12.5. The minimum atomic E-state index is -0.754. The maximum absolute atomic E-state index is 12.5. The van der Waals surface area contributed by atoms with Gasteiger partial charge in [-0.3, -0.25) is 19.1 Å². The Balaban J connectivity index is 0.000000913. The predicted molar refractivity (Wildman–Crippen MR) is 112 cm³/mol. The van der Waals surface area contributed by atoms with Gasteiger partial charge in [0.25, 0.3) is 12.4 Å². The topological polar surface area (TPSA) is 164 Å². The molecule has 0 unspecified atom stereocenters. The van der Waals surface area contributed by atoms with Crippen LogP contribution in [-0.4, -0.2) is 71.6 Å². The van der Waals surface area contributed by atoms with Gasteiger partial charge >= 0.3 is 0 Å². The van der Waals surface area contributed by atoms with Crippen LogP contribution in [0.4, 0.5) is 0 Å². The van der Waals surface area contributed by atoms with E-state index in [1.54, 1.807) is 29.0 Å². The minimum absolute atomic E-state index is 0.0915. The molecule has 0 radical (unpaired) electrons. The molecule has 1 aliphatic carbocycles. The number of rotatable bonds is 7. The summed E-state index contributed by atoms with van der Waals surface area (Å²) in [5.41, 5.74) is 1.00. The van der Waals surface area contributed by atoms with Crippen LogP contribution in [0.25, 0.3) is 5.65 Å². The molecule has 3 atom stereocenters. The molecular weight excluding hydrogens is 418 g/mol. The number of carbonyl (C=O) groups is 3. The summed E-state index contributed by atoms with van der Waals surface area (Å²) in [4.78, 5) is 37.3. The highest BCUT2D eigenvalue weighted by Crippen LogP contribution is 2.26. The molecule has 0 spiro atoms. The number of hydrogen-bond acceptors (Lipinski definition) is 7. The molecular formula is C20H25N7O5. The van der Waals surface area contributed by atoms with Crippen molar-refractivity contribution in [3.8, 4) is 0 Å². The standard InChI is InChI=1S/C19H23N7O3.CH2O2/c27-16-10-14(18(28)20-4-1-6-25-7-2-5-22-25)9-15(16)24-19(29)13-3-8-26-17(11-13)21-12-23-26;2-1-3/h2-3,5,7-8,11-12,14-16,27H,1,4,6,9-10H2,(H,20,28)(H,24,29);1H,(H,2,3)/t14-,15-,16-;/m0./s1. The summed E-state index contributed by atoms with van der Waals surface area (Å²) in [5, 5.41) is 31.1. The molecule has 0 aliphatic heterocycles. The molecule has 3 aromatic heterocycles. The Bertz CT molecular complexity index is 1040. The first-order valence-electron chi connectivity index (χ1n) is 10.1. The Morgan fingerprint density at radius 2 is 2.06 bits per heavy atom. The quantitative estimate of drug-likeness (QED) is 0.286. The summed E-state index contributed by atoms with van der Waals surface area (Å²) >= 11 is 0. The van der Waals surface area contributed by atoms with Crippen molar-refractivity contribution in [1.29, 1.82) is 0 Å². The molecule has 32 heavy (non-hydrogen) atoms. The van der Waals surface area contributed by atoms with Crippen LogP contribution in [0.1, 0.15) is 29.6 Å². The number of hydrogen-bond donors (Lipinski definition) is 4. The number of amides is 2. The summed E-state index contributed by atoms with van der Waals surface area (Å²) < 4.78 is 3.38. The molecule has 12 heteroatoms. The number of nitrogens with zero attached hydrogens (tertiary/aromatic N) is 5. The minimum Gasteiger partial charge on any atom is -0.483 e. The van der Waals surface area contributed by atoms with Crippen LogP contribution in [0.5, 0.6) is 0 Å². The molecule has 1 aliphatic rings. The highest BCUT2D eigenvalue weighted by atomic mass is 16.3. The first-order valence-corrected chi connectivity index (χ1v) is 10.1. The lowest BCUT2D eigenvalue weighted by molar-refractivity contribution is -0.125. The number of aliphatic hydroxyl groups is 1. The number of carbonyl (C=O) groups excluding carboxylic acids is 2. The van der Waals surface area contributed by atoms with Crippen LogP contribution < -0.4 is 10.6 Å². The molecule has 0 bridgehead atoms. The fourth-order valence-corrected chi connectivity index (χ4v) is 3.62. The van der Waals surface area contributed by atoms with Crippen LogP contribution in [-0.2, 0) is 16.1 Å². The van der Waals surface area contributed by atoms with E-state index in [0.717, 1.165) is 13.0 Å². The van der Waals surface area contributed by atoms with Gasteiger partial charge in [0.05, 0.1) is 12.1 Å². The number of fused-ring (bicyclic) bond motifs is 1. The third kappa shape index (κ3) is 5.88. The van der Waals surface area contributed by atoms with Crippen LogP contribution in [0.2, 0.25) is 0 Å². The summed E-state index contributed by atoms with van der Waals surface area (Å²) in [7, 11) is 0. The van der Waals surface area contributed by atoms with Gasteiger partial charge in [-0.05, 0) is 37.5 Å². The van der Waals surface area contributed by atoms with Gasteiger partial charge in [-0.15, -0.1) is 0 Å². The van der Waals surface area contributed by atoms with Gasteiger partial charge in [-0.2, -0.15) is 10.2 Å². The zero-order valence-electron chi connectivity index (χ0n) is 17.2. The van der Waals surface area contributed by atoms with Crippen LogP contribution in [0.3, 0.4) is 0 Å². The van der Waals surface area contributed by atoms with Gasteiger partial charge in [0.2, 0.25) is 5.91 Å². The van der Waals surface area contributed by atoms with Crippen molar-refractivity contribution in [2.24, 2.45) is 5.92 Å². The lowest BCUT2D eigenvalue weighted by atomic mass is 10.1. The normalized spacial score (nSPS) is 19.7. The number of aromatic nitrogens is 5. The van der Waals surface area contributed by atoms with Crippen molar-refractivity contribution < 1.29 is 24.6 Å². The molecule has 0 aromatic carbocycles. The Kier molecular flexibility index (Phi) is 7.86. The molecule has 12 nitrogen and oxygen atoms in total. The fourth-order valence-electron chi connectivity index (χ4n) is 3.62. The smallest absolute Gasteiger partial charge is 0.290 e. The van der Waals surface area contributed by atoms with E-state index in [1.165, 1.54) is 6.33 Å². The third-order valence-electron chi connectivity index (χ3n) is 5.18. The Hall–Kier alpha value is -3.80. The molecule has 1 saturated carbocycles. The second kappa shape index (κ2) is 11.0. The molecule has 0 saturated heterocycles. The highest BCUT2D eigenvalue weighted by Gasteiger charge is 2.37. The summed E-state index contributed by atoms with van der Waals surface area (Å²) in [6.45, 7) is 1.02. The lowest BCUT2D eigenvalue weighted by Gasteiger charge is -2.16. The Labute approximate surface area is 183 Å². The zero-order valence-corrected chi connectivity index (χ0v) is 17.2. The molecule has 170 valence electrons. The SMILES string of the molecule is O=C(N[C@H]1C[C@H](C(=O)NCCCn2cccn2)C[C@@H]1O)c1ccn2ncnc2c1.O=CO. The number of carboxylic acid groups (broad SMARTS) is 1. The molecule has 4 rings (SSSR count). The van der Waals surface area contributed by atoms with Crippen molar-refractivity contribution in [1.82, 2.24) is 35.0 Å². The summed E-state index contributed by atoms with van der Waals surface area (Å²) in [6.07, 6.45) is 7.42. The largest absolute Gasteiger partial charge is 0.483 e.